The van der Waals surface area contributed by atoms with Crippen LogP contribution >= 0.6 is 0 Å². The van der Waals surface area contributed by atoms with Crippen molar-refractivity contribution in [3.63, 3.8) is 0 Å². The van der Waals surface area contributed by atoms with Gasteiger partial charge in [-0.25, -0.2) is 0 Å². The van der Waals surface area contributed by atoms with Crippen molar-refractivity contribution in [3.8, 4) is 11.8 Å². The highest BCUT2D eigenvalue weighted by molar-refractivity contribution is 6.03. The lowest BCUT2D eigenvalue weighted by molar-refractivity contribution is 0.415. The normalized spacial score (nSPS) is 10.7. The Balaban J connectivity index is 2.09. The number of hydrogen-bond donors (Lipinski definition) is 0. The molecule has 0 amide bonds. The van der Waals surface area contributed by atoms with Gasteiger partial charge < -0.3 is 4.74 Å². The third-order valence-electron chi connectivity index (χ3n) is 3.47. The van der Waals surface area contributed by atoms with Crippen LogP contribution < -0.4 is 4.74 Å². The summed E-state index contributed by atoms with van der Waals surface area (Å²) in [5.74, 6) is 0.777. The first-order valence-corrected chi connectivity index (χ1v) is 6.92. The summed E-state index contributed by atoms with van der Waals surface area (Å²) in [4.78, 5) is 4.49. The van der Waals surface area contributed by atoms with E-state index in [4.69, 9.17) is 10.00 Å². The molecule has 0 atom stereocenters. The monoisotopic (exact) mass is 286 g/mol. The van der Waals surface area contributed by atoms with Crippen LogP contribution in [0, 0.1) is 11.3 Å². The quantitative estimate of drug-likeness (QED) is 0.667. The first-order valence-electron chi connectivity index (χ1n) is 6.92. The van der Waals surface area contributed by atoms with E-state index in [1.807, 2.05) is 42.5 Å². The van der Waals surface area contributed by atoms with Crippen LogP contribution in [0.15, 0.2) is 65.7 Å². The van der Waals surface area contributed by atoms with Crippen molar-refractivity contribution in [3.05, 3.63) is 71.8 Å². The summed E-state index contributed by atoms with van der Waals surface area (Å²) in [7, 11) is 1.65. The molecule has 0 aliphatic heterocycles. The van der Waals surface area contributed by atoms with Crippen molar-refractivity contribution in [2.45, 2.75) is 0 Å². The molecule has 0 saturated heterocycles. The van der Waals surface area contributed by atoms with E-state index < -0.39 is 0 Å². The smallest absolute Gasteiger partial charge is 0.128 e. The number of methoxy groups -OCH3 is 1. The Morgan fingerprint density at radius 2 is 1.91 bits per heavy atom. The van der Waals surface area contributed by atoms with E-state index >= 15 is 0 Å². The van der Waals surface area contributed by atoms with E-state index in [1.165, 1.54) is 0 Å². The van der Waals surface area contributed by atoms with E-state index in [1.54, 1.807) is 25.5 Å². The lowest BCUT2D eigenvalue weighted by atomic mass is 10.0. The van der Waals surface area contributed by atoms with Crippen LogP contribution in [-0.4, -0.2) is 13.3 Å². The molecule has 3 rings (SSSR count). The lowest BCUT2D eigenvalue weighted by Crippen LogP contribution is -1.92. The molecule has 3 heteroatoms. The molecule has 3 aromatic carbocycles. The van der Waals surface area contributed by atoms with Crippen LogP contribution in [0.5, 0.6) is 5.75 Å². The molecule has 0 N–H and O–H groups in total. The summed E-state index contributed by atoms with van der Waals surface area (Å²) in [6.45, 7) is 0. The van der Waals surface area contributed by atoms with E-state index in [0.717, 1.165) is 27.8 Å². The Bertz CT molecular complexity index is 891. The summed E-state index contributed by atoms with van der Waals surface area (Å²) < 4.78 is 5.44. The molecular weight excluding hydrogens is 272 g/mol. The maximum Gasteiger partial charge on any atom is 0.128 e. The van der Waals surface area contributed by atoms with E-state index in [2.05, 4.69) is 17.1 Å². The Labute approximate surface area is 129 Å². The average Bonchev–Trinajstić information content (AvgIpc) is 2.59. The predicted octanol–water partition coefficient (Wildman–Crippen LogP) is 4.47. The van der Waals surface area contributed by atoms with Crippen molar-refractivity contribution in [1.29, 1.82) is 5.26 Å². The molecule has 0 unspecified atom stereocenters. The van der Waals surface area contributed by atoms with Gasteiger partial charge in [-0.2, -0.15) is 5.26 Å². The number of benzene rings is 3. The fourth-order valence-electron chi connectivity index (χ4n) is 2.38. The summed E-state index contributed by atoms with van der Waals surface area (Å²) in [5, 5.41) is 11.2. The molecule has 3 nitrogen and oxygen atoms in total. The first-order chi connectivity index (χ1) is 10.8. The number of fused-ring (bicyclic) bond motifs is 1. The number of rotatable bonds is 3. The zero-order valence-electron chi connectivity index (χ0n) is 12.2. The predicted molar refractivity (Wildman–Crippen MR) is 88.9 cm³/mol. The Kier molecular flexibility index (Phi) is 3.84. The highest BCUT2D eigenvalue weighted by Gasteiger charge is 2.05. The van der Waals surface area contributed by atoms with Gasteiger partial charge in [-0.05, 0) is 35.0 Å². The van der Waals surface area contributed by atoms with Crippen LogP contribution in [0.25, 0.3) is 10.8 Å². The topological polar surface area (TPSA) is 45.4 Å². The van der Waals surface area contributed by atoms with Crippen LogP contribution in [0.1, 0.15) is 11.1 Å². The van der Waals surface area contributed by atoms with Crippen molar-refractivity contribution < 1.29 is 4.74 Å². The van der Waals surface area contributed by atoms with E-state index in [-0.39, 0.29) is 0 Å². The first kappa shape index (κ1) is 13.8. The van der Waals surface area contributed by atoms with E-state index in [0.29, 0.717) is 5.56 Å². The van der Waals surface area contributed by atoms with Gasteiger partial charge >= 0.3 is 0 Å². The largest absolute Gasteiger partial charge is 0.496 e. The summed E-state index contributed by atoms with van der Waals surface area (Å²) in [6.07, 6.45) is 1.79. The standard InChI is InChI=1S/C19H14N2O/c1-22-19-10-9-15-6-2-3-8-17(15)18(19)13-21-16-7-4-5-14(11-16)12-20/h2-11,13H,1H3. The Hall–Kier alpha value is -3.12. The summed E-state index contributed by atoms with van der Waals surface area (Å²) in [6, 6.07) is 21.4. The van der Waals surface area contributed by atoms with Crippen molar-refractivity contribution in [2.75, 3.05) is 7.11 Å². The van der Waals surface area contributed by atoms with Crippen LogP contribution in [0.3, 0.4) is 0 Å². The highest BCUT2D eigenvalue weighted by atomic mass is 16.5. The molecule has 0 heterocycles. The van der Waals surface area contributed by atoms with Gasteiger partial charge in [-0.15, -0.1) is 0 Å². The highest BCUT2D eigenvalue weighted by Crippen LogP contribution is 2.27. The number of aliphatic imine (C=N–C) groups is 1. The Morgan fingerprint density at radius 3 is 2.73 bits per heavy atom. The van der Waals surface area contributed by atoms with Gasteiger partial charge in [-0.3, -0.25) is 4.99 Å². The summed E-state index contributed by atoms with van der Waals surface area (Å²) in [5.41, 5.74) is 2.27. The molecule has 0 aromatic heterocycles. The zero-order chi connectivity index (χ0) is 15.4. The number of ether oxygens (including phenoxy) is 1. The average molecular weight is 286 g/mol. The minimum Gasteiger partial charge on any atom is -0.496 e. The second-order valence-corrected chi connectivity index (χ2v) is 4.82. The molecular formula is C19H14N2O. The molecule has 0 aliphatic carbocycles. The fraction of sp³-hybridized carbons (Fsp3) is 0.0526. The third-order valence-corrected chi connectivity index (χ3v) is 3.47. The second-order valence-electron chi connectivity index (χ2n) is 4.82. The number of nitrogens with zero attached hydrogens (tertiary/aromatic N) is 2. The van der Waals surface area contributed by atoms with Crippen molar-refractivity contribution in [2.24, 2.45) is 4.99 Å². The van der Waals surface area contributed by atoms with Gasteiger partial charge in [0.1, 0.15) is 5.75 Å². The molecule has 0 bridgehead atoms. The van der Waals surface area contributed by atoms with Gasteiger partial charge in [0.05, 0.1) is 24.4 Å². The maximum absolute atomic E-state index is 8.95. The Morgan fingerprint density at radius 1 is 1.05 bits per heavy atom. The van der Waals surface area contributed by atoms with Gasteiger partial charge in [-0.1, -0.05) is 36.4 Å². The summed E-state index contributed by atoms with van der Waals surface area (Å²) >= 11 is 0. The van der Waals surface area contributed by atoms with Crippen LogP contribution in [0.2, 0.25) is 0 Å². The minimum atomic E-state index is 0.597. The molecule has 0 spiro atoms. The second kappa shape index (κ2) is 6.11. The maximum atomic E-state index is 8.95. The molecule has 22 heavy (non-hydrogen) atoms. The van der Waals surface area contributed by atoms with Gasteiger partial charge in [0.25, 0.3) is 0 Å². The minimum absolute atomic E-state index is 0.597. The fourth-order valence-corrected chi connectivity index (χ4v) is 2.38. The van der Waals surface area contributed by atoms with Gasteiger partial charge in [0, 0.05) is 11.8 Å². The van der Waals surface area contributed by atoms with Gasteiger partial charge in [0.2, 0.25) is 0 Å². The van der Waals surface area contributed by atoms with Crippen molar-refractivity contribution in [1.82, 2.24) is 0 Å². The van der Waals surface area contributed by atoms with Crippen LogP contribution in [0.4, 0.5) is 5.69 Å². The number of hydrogen-bond acceptors (Lipinski definition) is 3. The number of nitriles is 1. The van der Waals surface area contributed by atoms with Gasteiger partial charge in [0.15, 0.2) is 0 Å². The molecule has 0 aliphatic rings. The molecule has 0 saturated carbocycles. The van der Waals surface area contributed by atoms with E-state index in [9.17, 15) is 0 Å². The SMILES string of the molecule is COc1ccc2ccccc2c1C=Nc1cccc(C#N)c1. The lowest BCUT2D eigenvalue weighted by Gasteiger charge is -2.08. The zero-order valence-corrected chi connectivity index (χ0v) is 12.2. The molecule has 0 fully saturated rings. The van der Waals surface area contributed by atoms with Crippen LogP contribution in [-0.2, 0) is 0 Å². The molecule has 106 valence electrons. The third kappa shape index (κ3) is 2.68. The molecule has 3 aromatic rings. The van der Waals surface area contributed by atoms with Crippen molar-refractivity contribution >= 4 is 22.7 Å². The molecule has 0 radical (unpaired) electrons.